The van der Waals surface area contributed by atoms with Crippen LogP contribution in [0, 0.1) is 0 Å². The number of carbonyl (C=O) groups excluding carboxylic acids is 2. The Labute approximate surface area is 160 Å². The highest BCUT2D eigenvalue weighted by Gasteiger charge is 2.25. The fourth-order valence-electron chi connectivity index (χ4n) is 3.40. The predicted molar refractivity (Wildman–Crippen MR) is 104 cm³/mol. The zero-order valence-electron chi connectivity index (χ0n) is 15.6. The monoisotopic (exact) mass is 366 g/mol. The molecule has 27 heavy (non-hydrogen) atoms. The van der Waals surface area contributed by atoms with Crippen LogP contribution < -0.4 is 5.32 Å². The Kier molecular flexibility index (Phi) is 6.60. The van der Waals surface area contributed by atoms with Crippen molar-refractivity contribution in [2.45, 2.75) is 25.3 Å². The fourth-order valence-corrected chi connectivity index (χ4v) is 3.40. The second-order valence-electron chi connectivity index (χ2n) is 6.80. The maximum Gasteiger partial charge on any atom is 0.245 e. The largest absolute Gasteiger partial charge is 0.378 e. The average Bonchev–Trinajstić information content (AvgIpc) is 2.73. The van der Waals surface area contributed by atoms with Gasteiger partial charge >= 0.3 is 0 Å². The molecule has 2 aromatic rings. The van der Waals surface area contributed by atoms with Crippen molar-refractivity contribution in [2.24, 2.45) is 0 Å². The number of rotatable bonds is 6. The van der Waals surface area contributed by atoms with E-state index in [1.165, 1.54) is 0 Å². The van der Waals surface area contributed by atoms with Gasteiger partial charge in [-0.3, -0.25) is 9.59 Å². The molecule has 5 nitrogen and oxygen atoms in total. The van der Waals surface area contributed by atoms with Crippen molar-refractivity contribution < 1.29 is 14.3 Å². The van der Waals surface area contributed by atoms with Crippen molar-refractivity contribution in [2.75, 3.05) is 26.3 Å². The first-order valence-electron chi connectivity index (χ1n) is 9.41. The Morgan fingerprint density at radius 1 is 0.963 bits per heavy atom. The number of benzene rings is 2. The zero-order valence-corrected chi connectivity index (χ0v) is 15.6. The minimum absolute atomic E-state index is 0.0434. The molecular formula is C22H26N2O3. The van der Waals surface area contributed by atoms with Gasteiger partial charge < -0.3 is 15.0 Å². The van der Waals surface area contributed by atoms with E-state index in [-0.39, 0.29) is 17.7 Å². The van der Waals surface area contributed by atoms with Crippen LogP contribution in [0.1, 0.15) is 30.4 Å². The van der Waals surface area contributed by atoms with Gasteiger partial charge in [0.2, 0.25) is 11.8 Å². The number of nitrogens with one attached hydrogen (secondary N) is 1. The molecule has 2 aromatic carbocycles. The molecular weight excluding hydrogens is 340 g/mol. The van der Waals surface area contributed by atoms with E-state index in [9.17, 15) is 9.59 Å². The Balaban J connectivity index is 1.66. The van der Waals surface area contributed by atoms with Crippen LogP contribution >= 0.6 is 0 Å². The Bertz CT molecular complexity index is 703. The number of hydrogen-bond acceptors (Lipinski definition) is 3. The summed E-state index contributed by atoms with van der Waals surface area (Å²) >= 11 is 0. The zero-order chi connectivity index (χ0) is 19.1. The third-order valence-electron chi connectivity index (χ3n) is 4.86. The topological polar surface area (TPSA) is 58.6 Å². The minimum Gasteiger partial charge on any atom is -0.378 e. The van der Waals surface area contributed by atoms with E-state index >= 15 is 0 Å². The first-order chi connectivity index (χ1) is 13.1. The first-order valence-corrected chi connectivity index (χ1v) is 9.41. The van der Waals surface area contributed by atoms with Gasteiger partial charge in [0.1, 0.15) is 6.04 Å². The van der Waals surface area contributed by atoms with Gasteiger partial charge in [-0.25, -0.2) is 0 Å². The molecule has 1 aliphatic rings. The van der Waals surface area contributed by atoms with Gasteiger partial charge in [-0.2, -0.15) is 0 Å². The van der Waals surface area contributed by atoms with Gasteiger partial charge in [0.05, 0.1) is 13.2 Å². The lowest BCUT2D eigenvalue weighted by Gasteiger charge is -2.29. The van der Waals surface area contributed by atoms with Gasteiger partial charge in [0.15, 0.2) is 0 Å². The summed E-state index contributed by atoms with van der Waals surface area (Å²) in [6, 6.07) is 19.5. The quantitative estimate of drug-likeness (QED) is 0.855. The third kappa shape index (κ3) is 5.17. The molecule has 0 aliphatic carbocycles. The minimum atomic E-state index is -0.539. The van der Waals surface area contributed by atoms with E-state index < -0.39 is 6.04 Å². The Morgan fingerprint density at radius 3 is 2.00 bits per heavy atom. The molecule has 2 amide bonds. The second kappa shape index (κ2) is 9.33. The van der Waals surface area contributed by atoms with Gasteiger partial charge in [-0.15, -0.1) is 0 Å². The van der Waals surface area contributed by atoms with Crippen LogP contribution in [0.2, 0.25) is 0 Å². The first kappa shape index (κ1) is 19.1. The summed E-state index contributed by atoms with van der Waals surface area (Å²) in [6.45, 7) is 4.01. The normalized spacial score (nSPS) is 15.4. The summed E-state index contributed by atoms with van der Waals surface area (Å²) < 4.78 is 5.28. The van der Waals surface area contributed by atoms with E-state index in [4.69, 9.17) is 4.74 Å². The molecule has 0 radical (unpaired) electrons. The lowest BCUT2D eigenvalue weighted by molar-refractivity contribution is -0.139. The molecule has 0 aromatic heterocycles. The van der Waals surface area contributed by atoms with E-state index in [2.05, 4.69) is 5.32 Å². The average molecular weight is 366 g/mol. The Hall–Kier alpha value is -2.66. The molecule has 3 rings (SSSR count). The molecule has 0 saturated carbocycles. The van der Waals surface area contributed by atoms with Gasteiger partial charge in [-0.05, 0) is 18.1 Å². The molecule has 1 fully saturated rings. The summed E-state index contributed by atoms with van der Waals surface area (Å²) in [4.78, 5) is 27.0. The summed E-state index contributed by atoms with van der Waals surface area (Å²) in [5.74, 6) is -0.220. The number of morpholine rings is 1. The molecule has 0 unspecified atom stereocenters. The summed E-state index contributed by atoms with van der Waals surface area (Å²) in [7, 11) is 0. The van der Waals surface area contributed by atoms with E-state index in [0.29, 0.717) is 32.7 Å². The van der Waals surface area contributed by atoms with Crippen LogP contribution in [0.25, 0.3) is 0 Å². The van der Waals surface area contributed by atoms with Crippen LogP contribution in [0.5, 0.6) is 0 Å². The van der Waals surface area contributed by atoms with Crippen molar-refractivity contribution in [3.63, 3.8) is 0 Å². The van der Waals surface area contributed by atoms with E-state index in [1.54, 1.807) is 11.8 Å². The number of carbonyl (C=O) groups is 2. The van der Waals surface area contributed by atoms with Gasteiger partial charge in [0.25, 0.3) is 0 Å². The van der Waals surface area contributed by atoms with Crippen molar-refractivity contribution in [1.29, 1.82) is 0 Å². The lowest BCUT2D eigenvalue weighted by Crippen LogP contribution is -2.50. The highest BCUT2D eigenvalue weighted by Crippen LogP contribution is 2.27. The molecule has 1 atom stereocenters. The number of hydrogen-bond donors (Lipinski definition) is 1. The molecule has 1 saturated heterocycles. The maximum absolute atomic E-state index is 12.7. The molecule has 5 heteroatoms. The maximum atomic E-state index is 12.7. The molecule has 0 spiro atoms. The number of nitrogens with zero attached hydrogens (tertiary/aromatic N) is 1. The SMILES string of the molecule is C[C@H](NC(=O)CC(c1ccccc1)c1ccccc1)C(=O)N1CCOCC1. The molecule has 0 bridgehead atoms. The highest BCUT2D eigenvalue weighted by molar-refractivity contribution is 5.87. The second-order valence-corrected chi connectivity index (χ2v) is 6.80. The van der Waals surface area contributed by atoms with E-state index in [0.717, 1.165) is 11.1 Å². The van der Waals surface area contributed by atoms with Gasteiger partial charge in [-0.1, -0.05) is 60.7 Å². The van der Waals surface area contributed by atoms with Crippen LogP contribution in [-0.2, 0) is 14.3 Å². The van der Waals surface area contributed by atoms with Crippen LogP contribution in [-0.4, -0.2) is 49.1 Å². The lowest BCUT2D eigenvalue weighted by atomic mass is 9.88. The van der Waals surface area contributed by atoms with Gasteiger partial charge in [0, 0.05) is 25.4 Å². The van der Waals surface area contributed by atoms with Crippen LogP contribution in [0.15, 0.2) is 60.7 Å². The Morgan fingerprint density at radius 2 is 1.48 bits per heavy atom. The standard InChI is InChI=1S/C22H26N2O3/c1-17(22(26)24-12-14-27-15-13-24)23-21(25)16-20(18-8-4-2-5-9-18)19-10-6-3-7-11-19/h2-11,17,20H,12-16H2,1H3,(H,23,25)/t17-/m0/s1. The number of amides is 2. The van der Waals surface area contributed by atoms with Crippen LogP contribution in [0.4, 0.5) is 0 Å². The van der Waals surface area contributed by atoms with E-state index in [1.807, 2.05) is 60.7 Å². The summed E-state index contributed by atoms with van der Waals surface area (Å²) in [6.07, 6.45) is 0.300. The van der Waals surface area contributed by atoms with Crippen molar-refractivity contribution in [3.05, 3.63) is 71.8 Å². The fraction of sp³-hybridized carbons (Fsp3) is 0.364. The van der Waals surface area contributed by atoms with Crippen molar-refractivity contribution in [3.8, 4) is 0 Å². The smallest absolute Gasteiger partial charge is 0.245 e. The number of ether oxygens (including phenoxy) is 1. The molecule has 1 N–H and O–H groups in total. The van der Waals surface area contributed by atoms with Crippen molar-refractivity contribution >= 4 is 11.8 Å². The highest BCUT2D eigenvalue weighted by atomic mass is 16.5. The molecule has 1 heterocycles. The third-order valence-corrected chi connectivity index (χ3v) is 4.86. The van der Waals surface area contributed by atoms with Crippen molar-refractivity contribution in [1.82, 2.24) is 10.2 Å². The predicted octanol–water partition coefficient (Wildman–Crippen LogP) is 2.57. The summed E-state index contributed by atoms with van der Waals surface area (Å²) in [5, 5.41) is 2.88. The molecule has 1 aliphatic heterocycles. The summed E-state index contributed by atoms with van der Waals surface area (Å²) in [5.41, 5.74) is 2.18. The molecule has 142 valence electrons. The van der Waals surface area contributed by atoms with Crippen LogP contribution in [0.3, 0.4) is 0 Å².